The van der Waals surface area contributed by atoms with Gasteiger partial charge in [0.25, 0.3) is 5.91 Å². The van der Waals surface area contributed by atoms with Gasteiger partial charge in [-0.25, -0.2) is 8.78 Å². The first kappa shape index (κ1) is 11.5. The van der Waals surface area contributed by atoms with Gasteiger partial charge < -0.3 is 10.0 Å². The van der Waals surface area contributed by atoms with Crippen LogP contribution < -0.4 is 0 Å². The highest BCUT2D eigenvalue weighted by atomic mass is 79.9. The molecule has 1 aliphatic rings. The molecule has 0 spiro atoms. The fraction of sp³-hybridized carbons (Fsp3) is 0.300. The molecule has 16 heavy (non-hydrogen) atoms. The first-order valence-corrected chi connectivity index (χ1v) is 5.40. The van der Waals surface area contributed by atoms with E-state index < -0.39 is 29.2 Å². The van der Waals surface area contributed by atoms with Crippen LogP contribution in [0.1, 0.15) is 10.4 Å². The number of halogens is 3. The molecule has 1 N–H and O–H groups in total. The van der Waals surface area contributed by atoms with Gasteiger partial charge in [0.2, 0.25) is 0 Å². The summed E-state index contributed by atoms with van der Waals surface area (Å²) < 4.78 is 27.0. The van der Waals surface area contributed by atoms with Crippen molar-refractivity contribution in [2.75, 3.05) is 13.1 Å². The standard InChI is InChI=1S/C10H8BrF2NO2/c11-5-1-7(12)9(8(13)2-5)10(16)14-3-6(15)4-14/h1-2,6,15H,3-4H2. The fourth-order valence-electron chi connectivity index (χ4n) is 1.53. The number of β-amino-alcohol motifs (C(OH)–C–C–N with tert-alkyl or cyclic N) is 1. The lowest BCUT2D eigenvalue weighted by Gasteiger charge is -2.35. The van der Waals surface area contributed by atoms with E-state index in [0.29, 0.717) is 0 Å². The number of rotatable bonds is 1. The molecule has 0 aliphatic carbocycles. The maximum Gasteiger partial charge on any atom is 0.260 e. The molecule has 0 saturated carbocycles. The van der Waals surface area contributed by atoms with Crippen LogP contribution in [0.4, 0.5) is 8.78 Å². The van der Waals surface area contributed by atoms with Crippen molar-refractivity contribution < 1.29 is 18.7 Å². The van der Waals surface area contributed by atoms with Gasteiger partial charge in [-0.2, -0.15) is 0 Å². The Labute approximate surface area is 98.8 Å². The average Bonchev–Trinajstić information content (AvgIpc) is 2.10. The molecule has 86 valence electrons. The van der Waals surface area contributed by atoms with E-state index in [1.165, 1.54) is 4.90 Å². The van der Waals surface area contributed by atoms with Crippen molar-refractivity contribution in [3.63, 3.8) is 0 Å². The lowest BCUT2D eigenvalue weighted by molar-refractivity contribution is 0.00525. The lowest BCUT2D eigenvalue weighted by atomic mass is 10.1. The summed E-state index contributed by atoms with van der Waals surface area (Å²) in [7, 11) is 0. The zero-order valence-corrected chi connectivity index (χ0v) is 9.67. The van der Waals surface area contributed by atoms with Crippen LogP contribution in [0.15, 0.2) is 16.6 Å². The lowest BCUT2D eigenvalue weighted by Crippen LogP contribution is -2.53. The number of hydrogen-bond acceptors (Lipinski definition) is 2. The molecule has 1 amide bonds. The third kappa shape index (κ3) is 1.94. The predicted molar refractivity (Wildman–Crippen MR) is 56.0 cm³/mol. The van der Waals surface area contributed by atoms with Crippen molar-refractivity contribution in [1.29, 1.82) is 0 Å². The van der Waals surface area contributed by atoms with Crippen molar-refractivity contribution in [2.24, 2.45) is 0 Å². The van der Waals surface area contributed by atoms with Gasteiger partial charge in [-0.1, -0.05) is 15.9 Å². The summed E-state index contributed by atoms with van der Waals surface area (Å²) in [5.41, 5.74) is -0.574. The Kier molecular flexibility index (Phi) is 2.94. The minimum Gasteiger partial charge on any atom is -0.389 e. The third-order valence-corrected chi connectivity index (χ3v) is 2.83. The highest BCUT2D eigenvalue weighted by Crippen LogP contribution is 2.22. The summed E-state index contributed by atoms with van der Waals surface area (Å²) in [5, 5.41) is 9.01. The highest BCUT2D eigenvalue weighted by Gasteiger charge is 2.32. The van der Waals surface area contributed by atoms with Crippen molar-refractivity contribution in [1.82, 2.24) is 4.90 Å². The summed E-state index contributed by atoms with van der Waals surface area (Å²) in [4.78, 5) is 12.8. The highest BCUT2D eigenvalue weighted by molar-refractivity contribution is 9.10. The normalized spacial score (nSPS) is 16.1. The minimum atomic E-state index is -0.904. The Balaban J connectivity index is 2.30. The van der Waals surface area contributed by atoms with Crippen LogP contribution in [0.25, 0.3) is 0 Å². The predicted octanol–water partition coefficient (Wildman–Crippen LogP) is 1.54. The zero-order chi connectivity index (χ0) is 11.9. The van der Waals surface area contributed by atoms with Crippen LogP contribution in [0.2, 0.25) is 0 Å². The van der Waals surface area contributed by atoms with Crippen molar-refractivity contribution >= 4 is 21.8 Å². The number of nitrogens with zero attached hydrogens (tertiary/aromatic N) is 1. The number of aliphatic hydroxyl groups is 1. The molecular weight excluding hydrogens is 284 g/mol. The van der Waals surface area contributed by atoms with Crippen LogP contribution >= 0.6 is 15.9 Å². The molecule has 1 fully saturated rings. The Morgan fingerprint density at radius 2 is 1.88 bits per heavy atom. The van der Waals surface area contributed by atoms with Gasteiger partial charge in [0.1, 0.15) is 17.2 Å². The average molecular weight is 292 g/mol. The topological polar surface area (TPSA) is 40.5 Å². The van der Waals surface area contributed by atoms with E-state index in [1.807, 2.05) is 0 Å². The number of hydrogen-bond donors (Lipinski definition) is 1. The first-order chi connectivity index (χ1) is 7.49. The van der Waals surface area contributed by atoms with E-state index in [2.05, 4.69) is 15.9 Å². The second-order valence-corrected chi connectivity index (χ2v) is 4.52. The Morgan fingerprint density at radius 1 is 1.38 bits per heavy atom. The number of aliphatic hydroxyl groups excluding tert-OH is 1. The SMILES string of the molecule is O=C(c1c(F)cc(Br)cc1F)N1CC(O)C1. The van der Waals surface area contributed by atoms with Crippen molar-refractivity contribution in [3.05, 3.63) is 33.8 Å². The van der Waals surface area contributed by atoms with Gasteiger partial charge in [0.05, 0.1) is 6.10 Å². The van der Waals surface area contributed by atoms with Gasteiger partial charge in [-0.15, -0.1) is 0 Å². The molecule has 1 aromatic rings. The second kappa shape index (κ2) is 4.10. The van der Waals surface area contributed by atoms with Crippen LogP contribution in [0.5, 0.6) is 0 Å². The van der Waals surface area contributed by atoms with E-state index in [0.717, 1.165) is 12.1 Å². The first-order valence-electron chi connectivity index (χ1n) is 4.61. The molecule has 0 aromatic heterocycles. The van der Waals surface area contributed by atoms with Gasteiger partial charge in [-0.3, -0.25) is 4.79 Å². The molecule has 0 unspecified atom stereocenters. The minimum absolute atomic E-state index is 0.119. The van der Waals surface area contributed by atoms with Crippen LogP contribution in [0.3, 0.4) is 0 Å². The van der Waals surface area contributed by atoms with Gasteiger partial charge >= 0.3 is 0 Å². The Morgan fingerprint density at radius 3 is 2.31 bits per heavy atom. The maximum absolute atomic E-state index is 13.4. The van der Waals surface area contributed by atoms with E-state index in [-0.39, 0.29) is 17.6 Å². The third-order valence-electron chi connectivity index (χ3n) is 2.37. The number of benzene rings is 1. The smallest absolute Gasteiger partial charge is 0.260 e. The number of carbonyl (C=O) groups is 1. The van der Waals surface area contributed by atoms with E-state index in [9.17, 15) is 13.6 Å². The van der Waals surface area contributed by atoms with E-state index in [1.54, 1.807) is 0 Å². The van der Waals surface area contributed by atoms with Gasteiger partial charge in [0.15, 0.2) is 0 Å². The quantitative estimate of drug-likeness (QED) is 0.853. The maximum atomic E-state index is 13.4. The molecule has 1 aliphatic heterocycles. The summed E-state index contributed by atoms with van der Waals surface area (Å²) >= 11 is 2.93. The zero-order valence-electron chi connectivity index (χ0n) is 8.08. The molecule has 6 heteroatoms. The van der Waals surface area contributed by atoms with Gasteiger partial charge in [0, 0.05) is 17.6 Å². The molecule has 1 saturated heterocycles. The summed E-state index contributed by atoms with van der Waals surface area (Å²) in [6, 6.07) is 2.07. The Hall–Kier alpha value is -1.01. The molecule has 2 rings (SSSR count). The van der Waals surface area contributed by atoms with Crippen molar-refractivity contribution in [3.8, 4) is 0 Å². The molecular formula is C10H8BrF2NO2. The monoisotopic (exact) mass is 291 g/mol. The van der Waals surface area contributed by atoms with Crippen LogP contribution in [0, 0.1) is 11.6 Å². The van der Waals surface area contributed by atoms with Crippen LogP contribution in [-0.2, 0) is 0 Å². The molecule has 1 heterocycles. The summed E-state index contributed by atoms with van der Waals surface area (Å²) in [5.74, 6) is -2.54. The van der Waals surface area contributed by atoms with E-state index >= 15 is 0 Å². The number of carbonyl (C=O) groups excluding carboxylic acids is 1. The van der Waals surface area contributed by atoms with Crippen molar-refractivity contribution in [2.45, 2.75) is 6.10 Å². The van der Waals surface area contributed by atoms with Gasteiger partial charge in [-0.05, 0) is 12.1 Å². The summed E-state index contributed by atoms with van der Waals surface area (Å²) in [6.45, 7) is 0.238. The Bertz CT molecular complexity index is 423. The largest absolute Gasteiger partial charge is 0.389 e. The molecule has 1 aromatic carbocycles. The molecule has 0 radical (unpaired) electrons. The fourth-order valence-corrected chi connectivity index (χ4v) is 1.93. The molecule has 0 atom stereocenters. The number of amides is 1. The summed E-state index contributed by atoms with van der Waals surface area (Å²) in [6.07, 6.45) is -0.592. The molecule has 3 nitrogen and oxygen atoms in total. The second-order valence-electron chi connectivity index (χ2n) is 3.61. The number of likely N-dealkylation sites (tertiary alicyclic amines) is 1. The molecule has 0 bridgehead atoms. The van der Waals surface area contributed by atoms with E-state index in [4.69, 9.17) is 5.11 Å². The van der Waals surface area contributed by atoms with Crippen LogP contribution in [-0.4, -0.2) is 35.1 Å².